The number of hydrogen-bond donors (Lipinski definition) is 1. The van der Waals surface area contributed by atoms with E-state index in [1.165, 1.54) is 0 Å². The molecule has 1 amide bonds. The third-order valence-electron chi connectivity index (χ3n) is 3.36. The van der Waals surface area contributed by atoms with E-state index in [4.69, 9.17) is 9.47 Å². The molecule has 0 aliphatic heterocycles. The average molecular weight is 392 g/mol. The number of nitrogens with one attached hydrogen (secondary N) is 1. The van der Waals surface area contributed by atoms with Gasteiger partial charge in [-0.15, -0.1) is 0 Å². The third-order valence-corrected chi connectivity index (χ3v) is 3.89. The van der Waals surface area contributed by atoms with E-state index in [-0.39, 0.29) is 5.91 Å². The predicted octanol–water partition coefficient (Wildman–Crippen LogP) is 3.32. The Hall–Kier alpha value is -2.34. The maximum absolute atomic E-state index is 12.0. The van der Waals surface area contributed by atoms with Gasteiger partial charge in [0.05, 0.1) is 12.7 Å². The molecule has 6 heteroatoms. The summed E-state index contributed by atoms with van der Waals surface area (Å²) in [7, 11) is 1.60. The molecular weight excluding hydrogens is 374 g/mol. The number of halogens is 1. The summed E-state index contributed by atoms with van der Waals surface area (Å²) in [5, 5.41) is 2.74. The molecule has 0 saturated heterocycles. The highest BCUT2D eigenvalue weighted by Crippen LogP contribution is 2.13. The van der Waals surface area contributed by atoms with Crippen molar-refractivity contribution in [2.45, 2.75) is 19.6 Å². The van der Waals surface area contributed by atoms with Gasteiger partial charge in [-0.2, -0.15) is 0 Å². The Kier molecular flexibility index (Phi) is 6.37. The fraction of sp³-hybridized carbons (Fsp3) is 0.222. The Bertz CT molecular complexity index is 698. The van der Waals surface area contributed by atoms with Crippen LogP contribution in [0.15, 0.2) is 53.0 Å². The minimum Gasteiger partial charge on any atom is -0.497 e. The monoisotopic (exact) mass is 391 g/mol. The van der Waals surface area contributed by atoms with Crippen molar-refractivity contribution in [3.63, 3.8) is 0 Å². The van der Waals surface area contributed by atoms with Crippen LogP contribution in [0.4, 0.5) is 0 Å². The van der Waals surface area contributed by atoms with Gasteiger partial charge in [-0.25, -0.2) is 4.79 Å². The van der Waals surface area contributed by atoms with Crippen molar-refractivity contribution in [1.29, 1.82) is 0 Å². The summed E-state index contributed by atoms with van der Waals surface area (Å²) >= 11 is 3.30. The molecule has 0 heterocycles. The highest BCUT2D eigenvalue weighted by molar-refractivity contribution is 9.10. The van der Waals surface area contributed by atoms with E-state index < -0.39 is 12.1 Å². The Labute approximate surface area is 149 Å². The molecule has 0 aromatic heterocycles. The Morgan fingerprint density at radius 3 is 2.29 bits per heavy atom. The topological polar surface area (TPSA) is 64.6 Å². The standard InChI is InChI=1S/C18H18BrNO4/c1-12(24-18(22)14-5-7-15(19)8-6-14)17(21)20-11-13-3-9-16(23-2)10-4-13/h3-10,12H,11H2,1-2H3,(H,20,21)/t12-/m0/s1. The van der Waals surface area contributed by atoms with Crippen LogP contribution in [-0.4, -0.2) is 25.1 Å². The second-order valence-corrected chi connectivity index (χ2v) is 6.04. The first-order valence-electron chi connectivity index (χ1n) is 7.37. The van der Waals surface area contributed by atoms with Gasteiger partial charge in [0.1, 0.15) is 5.75 Å². The molecule has 2 aromatic carbocycles. The number of amides is 1. The zero-order valence-electron chi connectivity index (χ0n) is 13.4. The average Bonchev–Trinajstić information content (AvgIpc) is 2.60. The molecule has 126 valence electrons. The molecule has 0 fully saturated rings. The Morgan fingerprint density at radius 1 is 1.08 bits per heavy atom. The molecule has 24 heavy (non-hydrogen) atoms. The zero-order valence-corrected chi connectivity index (χ0v) is 15.0. The Balaban J connectivity index is 1.84. The number of hydrogen-bond acceptors (Lipinski definition) is 4. The summed E-state index contributed by atoms with van der Waals surface area (Å²) in [4.78, 5) is 24.0. The summed E-state index contributed by atoms with van der Waals surface area (Å²) in [6, 6.07) is 14.1. The van der Waals surface area contributed by atoms with Crippen molar-refractivity contribution >= 4 is 27.8 Å². The number of carbonyl (C=O) groups excluding carboxylic acids is 2. The minimum absolute atomic E-state index is 0.350. The lowest BCUT2D eigenvalue weighted by molar-refractivity contribution is -0.129. The first-order valence-corrected chi connectivity index (χ1v) is 8.16. The van der Waals surface area contributed by atoms with Crippen LogP contribution in [0.1, 0.15) is 22.8 Å². The molecule has 1 N–H and O–H groups in total. The number of ether oxygens (including phenoxy) is 2. The van der Waals surface area contributed by atoms with Crippen LogP contribution in [0, 0.1) is 0 Å². The normalized spacial score (nSPS) is 11.5. The van der Waals surface area contributed by atoms with Gasteiger partial charge < -0.3 is 14.8 Å². The maximum Gasteiger partial charge on any atom is 0.338 e. The van der Waals surface area contributed by atoms with Crippen molar-refractivity contribution in [2.24, 2.45) is 0 Å². The second kappa shape index (κ2) is 8.49. The van der Waals surface area contributed by atoms with Crippen molar-refractivity contribution in [3.05, 3.63) is 64.1 Å². The van der Waals surface area contributed by atoms with E-state index in [2.05, 4.69) is 21.2 Å². The molecule has 0 bridgehead atoms. The molecule has 2 aromatic rings. The number of benzene rings is 2. The summed E-state index contributed by atoms with van der Waals surface area (Å²) in [6.45, 7) is 1.89. The molecule has 0 unspecified atom stereocenters. The molecule has 5 nitrogen and oxygen atoms in total. The van der Waals surface area contributed by atoms with Gasteiger partial charge in [0, 0.05) is 11.0 Å². The lowest BCUT2D eigenvalue weighted by atomic mass is 10.2. The Morgan fingerprint density at radius 2 is 1.71 bits per heavy atom. The van der Waals surface area contributed by atoms with E-state index in [1.54, 1.807) is 38.3 Å². The van der Waals surface area contributed by atoms with Crippen molar-refractivity contribution in [3.8, 4) is 5.75 Å². The highest BCUT2D eigenvalue weighted by atomic mass is 79.9. The van der Waals surface area contributed by atoms with Crippen LogP contribution in [0.2, 0.25) is 0 Å². The van der Waals surface area contributed by atoms with Crippen LogP contribution in [-0.2, 0) is 16.1 Å². The molecule has 0 saturated carbocycles. The lowest BCUT2D eigenvalue weighted by Gasteiger charge is -2.13. The summed E-state index contributed by atoms with van der Waals surface area (Å²) < 4.78 is 11.1. The first-order chi connectivity index (χ1) is 11.5. The van der Waals surface area contributed by atoms with Gasteiger partial charge in [0.25, 0.3) is 5.91 Å². The minimum atomic E-state index is -0.876. The van der Waals surface area contributed by atoms with Crippen LogP contribution in [0.25, 0.3) is 0 Å². The fourth-order valence-electron chi connectivity index (χ4n) is 1.94. The van der Waals surface area contributed by atoms with Crippen molar-refractivity contribution in [1.82, 2.24) is 5.32 Å². The summed E-state index contributed by atoms with van der Waals surface area (Å²) in [5.74, 6) is -0.132. The van der Waals surface area contributed by atoms with Crippen molar-refractivity contribution in [2.75, 3.05) is 7.11 Å². The molecular formula is C18H18BrNO4. The van der Waals surface area contributed by atoms with Gasteiger partial charge in [0.15, 0.2) is 6.10 Å². The van der Waals surface area contributed by atoms with Crippen LogP contribution >= 0.6 is 15.9 Å². The van der Waals surface area contributed by atoms with Gasteiger partial charge in [-0.05, 0) is 48.9 Å². The number of esters is 1. The molecule has 0 radical (unpaired) electrons. The first kappa shape index (κ1) is 18.0. The van der Waals surface area contributed by atoms with Gasteiger partial charge in [-0.3, -0.25) is 4.79 Å². The molecule has 0 aliphatic rings. The number of rotatable bonds is 6. The lowest BCUT2D eigenvalue weighted by Crippen LogP contribution is -2.35. The maximum atomic E-state index is 12.0. The molecule has 0 aliphatic carbocycles. The second-order valence-electron chi connectivity index (χ2n) is 5.12. The SMILES string of the molecule is COc1ccc(CNC(=O)[C@H](C)OC(=O)c2ccc(Br)cc2)cc1. The number of methoxy groups -OCH3 is 1. The molecule has 2 rings (SSSR count). The van der Waals surface area contributed by atoms with Crippen molar-refractivity contribution < 1.29 is 19.1 Å². The highest BCUT2D eigenvalue weighted by Gasteiger charge is 2.18. The summed E-state index contributed by atoms with van der Waals surface area (Å²) in [6.07, 6.45) is -0.876. The fourth-order valence-corrected chi connectivity index (χ4v) is 2.21. The van der Waals surface area contributed by atoms with E-state index >= 15 is 0 Å². The van der Waals surface area contributed by atoms with E-state index in [0.29, 0.717) is 12.1 Å². The quantitative estimate of drug-likeness (QED) is 0.767. The molecule has 1 atom stereocenters. The number of carbonyl (C=O) groups is 2. The van der Waals surface area contributed by atoms with Crippen LogP contribution < -0.4 is 10.1 Å². The van der Waals surface area contributed by atoms with E-state index in [0.717, 1.165) is 15.8 Å². The van der Waals surface area contributed by atoms with Gasteiger partial charge >= 0.3 is 5.97 Å². The van der Waals surface area contributed by atoms with Gasteiger partial charge in [-0.1, -0.05) is 28.1 Å². The molecule has 0 spiro atoms. The third kappa shape index (κ3) is 5.09. The zero-order chi connectivity index (χ0) is 17.5. The van der Waals surface area contributed by atoms with E-state index in [1.807, 2.05) is 24.3 Å². The summed E-state index contributed by atoms with van der Waals surface area (Å²) in [5.41, 5.74) is 1.32. The smallest absolute Gasteiger partial charge is 0.338 e. The largest absolute Gasteiger partial charge is 0.497 e. The predicted molar refractivity (Wildman–Crippen MR) is 93.9 cm³/mol. The van der Waals surface area contributed by atoms with Gasteiger partial charge in [0.2, 0.25) is 0 Å². The van der Waals surface area contributed by atoms with E-state index in [9.17, 15) is 9.59 Å². The van der Waals surface area contributed by atoms with Crippen LogP contribution in [0.5, 0.6) is 5.75 Å². The van der Waals surface area contributed by atoms with Crippen LogP contribution in [0.3, 0.4) is 0 Å².